The molecule has 2 saturated heterocycles. The molecule has 2 heterocycles. The van der Waals surface area contributed by atoms with Crippen LogP contribution in [0.5, 0.6) is 0 Å². The van der Waals surface area contributed by atoms with Gasteiger partial charge in [-0.1, -0.05) is 66.7 Å². The number of anilines is 2. The van der Waals surface area contributed by atoms with E-state index in [-0.39, 0.29) is 13.2 Å². The van der Waals surface area contributed by atoms with Crippen LogP contribution in [-0.2, 0) is 15.9 Å². The van der Waals surface area contributed by atoms with Gasteiger partial charge in [0.05, 0.1) is 23.5 Å². The summed E-state index contributed by atoms with van der Waals surface area (Å²) in [6.45, 7) is 0.0380. The number of hydrogen-bond donors (Lipinski definition) is 2. The van der Waals surface area contributed by atoms with Crippen LogP contribution in [0.25, 0.3) is 0 Å². The zero-order chi connectivity index (χ0) is 26.0. The third-order valence-corrected chi connectivity index (χ3v) is 8.16. The first-order chi connectivity index (χ1) is 17.8. The van der Waals surface area contributed by atoms with Gasteiger partial charge in [-0.15, -0.1) is 0 Å². The number of hydrogen-bond acceptors (Lipinski definition) is 4. The van der Waals surface area contributed by atoms with Crippen LogP contribution in [0.4, 0.5) is 21.0 Å². The number of piperazine rings is 1. The van der Waals surface area contributed by atoms with Crippen molar-refractivity contribution in [2.24, 2.45) is 0 Å². The van der Waals surface area contributed by atoms with Crippen molar-refractivity contribution in [2.45, 2.75) is 37.3 Å². The van der Waals surface area contributed by atoms with Crippen molar-refractivity contribution >= 4 is 31.1 Å². The zero-order valence-electron chi connectivity index (χ0n) is 20.0. The van der Waals surface area contributed by atoms with Gasteiger partial charge in [0, 0.05) is 6.54 Å². The Kier molecular flexibility index (Phi) is 7.02. The van der Waals surface area contributed by atoms with E-state index in [0.717, 1.165) is 5.56 Å². The van der Waals surface area contributed by atoms with Gasteiger partial charge >= 0.3 is 19.7 Å². The molecule has 9 nitrogen and oxygen atoms in total. The lowest BCUT2D eigenvalue weighted by Gasteiger charge is -2.47. The second-order valence-electron chi connectivity index (χ2n) is 9.19. The maximum atomic E-state index is 14.0. The average molecular weight is 522 g/mol. The molecule has 0 unspecified atom stereocenters. The van der Waals surface area contributed by atoms with Gasteiger partial charge in [0.2, 0.25) is 0 Å². The Bertz CT molecular complexity index is 1250. The van der Waals surface area contributed by atoms with Gasteiger partial charge < -0.3 is 19.4 Å². The summed E-state index contributed by atoms with van der Waals surface area (Å²) >= 11 is 0. The van der Waals surface area contributed by atoms with Gasteiger partial charge in [0.1, 0.15) is 6.61 Å². The van der Waals surface area contributed by atoms with Crippen LogP contribution < -0.4 is 4.90 Å². The van der Waals surface area contributed by atoms with Crippen LogP contribution in [0.1, 0.15) is 18.4 Å². The third kappa shape index (κ3) is 5.11. The molecule has 3 aromatic carbocycles. The van der Waals surface area contributed by atoms with Crippen molar-refractivity contribution in [1.29, 1.82) is 0 Å². The normalized spacial score (nSPS) is 21.0. The minimum absolute atomic E-state index is 0.0122. The summed E-state index contributed by atoms with van der Waals surface area (Å²) in [6.07, 6.45) is 0.244. The van der Waals surface area contributed by atoms with E-state index in [9.17, 15) is 23.9 Å². The molecule has 5 rings (SSSR count). The molecule has 3 aromatic rings. The Hall–Kier alpha value is -3.65. The van der Waals surface area contributed by atoms with Crippen LogP contribution in [0, 0.1) is 0 Å². The number of nitrogens with zero attached hydrogens (tertiary/aromatic N) is 3. The number of fused-ring (bicyclic) bond motifs is 2. The molecule has 0 saturated carbocycles. The largest absolute Gasteiger partial charge is 0.445 e. The molecule has 2 bridgehead atoms. The molecule has 10 heteroatoms. The molecule has 2 N–H and O–H groups in total. The highest BCUT2D eigenvalue weighted by atomic mass is 31.2. The maximum Gasteiger partial charge on any atom is 0.410 e. The molecule has 3 amide bonds. The van der Waals surface area contributed by atoms with E-state index in [1.165, 1.54) is 14.7 Å². The monoisotopic (exact) mass is 521 g/mol. The number of urea groups is 1. The van der Waals surface area contributed by atoms with E-state index in [1.807, 2.05) is 42.5 Å². The highest BCUT2D eigenvalue weighted by Gasteiger charge is 2.57. The quantitative estimate of drug-likeness (QED) is 0.461. The summed E-state index contributed by atoms with van der Waals surface area (Å²) in [4.78, 5) is 52.1. The van der Waals surface area contributed by atoms with Crippen molar-refractivity contribution in [3.63, 3.8) is 0 Å². The van der Waals surface area contributed by atoms with Crippen LogP contribution in [0.2, 0.25) is 0 Å². The van der Waals surface area contributed by atoms with Crippen molar-refractivity contribution < 1.29 is 28.7 Å². The van der Waals surface area contributed by atoms with Gasteiger partial charge in [-0.05, 0) is 42.7 Å². The lowest BCUT2D eigenvalue weighted by molar-refractivity contribution is 0.0350. The van der Waals surface area contributed by atoms with Crippen LogP contribution in [-0.4, -0.2) is 56.1 Å². The summed E-state index contributed by atoms with van der Waals surface area (Å²) in [5.41, 5.74) is 1.95. The number of amides is 3. The fourth-order valence-electron chi connectivity index (χ4n) is 5.25. The number of ether oxygens (including phenoxy) is 1. The first kappa shape index (κ1) is 25.0. The fourth-order valence-corrected chi connectivity index (χ4v) is 6.55. The molecule has 2 fully saturated rings. The number of likely N-dealkylation sites (tertiary alicyclic amines) is 1. The molecular formula is C27H28N3O6P. The summed E-state index contributed by atoms with van der Waals surface area (Å²) in [7, 11) is -4.85. The highest BCUT2D eigenvalue weighted by Crippen LogP contribution is 2.52. The van der Waals surface area contributed by atoms with Crippen molar-refractivity contribution in [1.82, 2.24) is 9.80 Å². The first-order valence-electron chi connectivity index (χ1n) is 12.1. The molecule has 0 radical (unpaired) electrons. The van der Waals surface area contributed by atoms with E-state index < -0.39 is 37.6 Å². The predicted octanol–water partition coefficient (Wildman–Crippen LogP) is 4.93. The Balaban J connectivity index is 1.44. The van der Waals surface area contributed by atoms with Crippen molar-refractivity contribution in [3.8, 4) is 0 Å². The number of carbonyl (C=O) groups is 2. The lowest BCUT2D eigenvalue weighted by Crippen LogP contribution is -2.63. The standard InChI is InChI=1S/C27H28N3O6P/c31-26(29(21-12-6-2-7-13-21)22-14-8-3-9-15-22)28-18-23-16-17-24(25(28)37(33,34)35)30(23)27(32)36-19-20-10-4-1-5-11-20/h1-15,23-25H,16-19H2,(H2,33,34,35)/t23-,24+,25+/m0/s1. The second-order valence-corrected chi connectivity index (χ2v) is 10.9. The molecule has 0 spiro atoms. The van der Waals surface area contributed by atoms with Crippen molar-refractivity contribution in [2.75, 3.05) is 11.4 Å². The van der Waals surface area contributed by atoms with E-state index in [1.54, 1.807) is 48.5 Å². The van der Waals surface area contributed by atoms with Crippen LogP contribution in [0.3, 0.4) is 0 Å². The minimum Gasteiger partial charge on any atom is -0.445 e. The fraction of sp³-hybridized carbons (Fsp3) is 0.259. The van der Waals surface area contributed by atoms with Gasteiger partial charge in [-0.2, -0.15) is 0 Å². The van der Waals surface area contributed by atoms with Crippen molar-refractivity contribution in [3.05, 3.63) is 96.6 Å². The number of benzene rings is 3. The number of para-hydroxylation sites is 2. The summed E-state index contributed by atoms with van der Waals surface area (Å²) < 4.78 is 18.3. The van der Waals surface area contributed by atoms with Crippen LogP contribution in [0.15, 0.2) is 91.0 Å². The molecular weight excluding hydrogens is 493 g/mol. The van der Waals surface area contributed by atoms with E-state index in [4.69, 9.17) is 4.74 Å². The molecule has 37 heavy (non-hydrogen) atoms. The van der Waals surface area contributed by atoms with E-state index in [0.29, 0.717) is 24.2 Å². The van der Waals surface area contributed by atoms with Gasteiger partial charge in [-0.3, -0.25) is 14.4 Å². The van der Waals surface area contributed by atoms with Gasteiger partial charge in [0.15, 0.2) is 5.78 Å². The molecule has 0 aromatic heterocycles. The Morgan fingerprint density at radius 3 is 1.95 bits per heavy atom. The van der Waals surface area contributed by atoms with Gasteiger partial charge in [0.25, 0.3) is 0 Å². The predicted molar refractivity (Wildman–Crippen MR) is 138 cm³/mol. The molecule has 3 atom stereocenters. The topological polar surface area (TPSA) is 111 Å². The number of rotatable bonds is 5. The molecule has 0 aliphatic carbocycles. The minimum atomic E-state index is -4.85. The summed E-state index contributed by atoms with van der Waals surface area (Å²) in [5, 5.41) is 0. The van der Waals surface area contributed by atoms with Crippen LogP contribution >= 0.6 is 7.60 Å². The Labute approximate surface area is 215 Å². The summed E-state index contributed by atoms with van der Waals surface area (Å²) in [5.74, 6) is -1.49. The van der Waals surface area contributed by atoms with E-state index in [2.05, 4.69) is 0 Å². The lowest BCUT2D eigenvalue weighted by atomic mass is 10.2. The maximum absolute atomic E-state index is 14.0. The Morgan fingerprint density at radius 2 is 1.41 bits per heavy atom. The zero-order valence-corrected chi connectivity index (χ0v) is 20.9. The number of carbonyl (C=O) groups excluding carboxylic acids is 2. The SMILES string of the molecule is O=C(N(c1ccccc1)c1ccccc1)N1C[C@@H]2CC[C@H]([C@H]1P(=O)(O)O)N2C(=O)OCc1ccccc1. The first-order valence-corrected chi connectivity index (χ1v) is 13.8. The highest BCUT2D eigenvalue weighted by molar-refractivity contribution is 7.52. The third-order valence-electron chi connectivity index (χ3n) is 6.84. The second kappa shape index (κ2) is 10.4. The Morgan fingerprint density at radius 1 is 0.865 bits per heavy atom. The average Bonchev–Trinajstić information content (AvgIpc) is 3.20. The molecule has 192 valence electrons. The van der Waals surface area contributed by atoms with Gasteiger partial charge in [-0.25, -0.2) is 9.59 Å². The van der Waals surface area contributed by atoms with E-state index >= 15 is 0 Å². The molecule has 2 aliphatic rings. The molecule has 2 aliphatic heterocycles. The smallest absolute Gasteiger partial charge is 0.410 e. The summed E-state index contributed by atoms with van der Waals surface area (Å²) in [6, 6.07) is 25.3.